The van der Waals surface area contributed by atoms with Gasteiger partial charge in [-0.15, -0.1) is 0 Å². The van der Waals surface area contributed by atoms with Gasteiger partial charge in [0, 0.05) is 18.3 Å². The van der Waals surface area contributed by atoms with Crippen molar-refractivity contribution in [2.24, 2.45) is 0 Å². The fourth-order valence-electron chi connectivity index (χ4n) is 2.79. The summed E-state index contributed by atoms with van der Waals surface area (Å²) in [4.78, 5) is 0.234. The van der Waals surface area contributed by atoms with Crippen molar-refractivity contribution < 1.29 is 12.8 Å². The summed E-state index contributed by atoms with van der Waals surface area (Å²) in [7, 11) is -3.65. The van der Waals surface area contributed by atoms with Gasteiger partial charge in [0.15, 0.2) is 0 Å². The van der Waals surface area contributed by atoms with Gasteiger partial charge in [-0.2, -0.15) is 0 Å². The minimum atomic E-state index is -3.65. The van der Waals surface area contributed by atoms with E-state index in [1.165, 1.54) is 10.9 Å². The van der Waals surface area contributed by atoms with E-state index in [-0.39, 0.29) is 11.3 Å². The Labute approximate surface area is 124 Å². The number of hydrogen-bond acceptors (Lipinski definition) is 2. The molecule has 0 aliphatic heterocycles. The van der Waals surface area contributed by atoms with E-state index in [1.807, 2.05) is 6.92 Å². The lowest BCUT2D eigenvalue weighted by atomic mass is 9.87. The number of rotatable bonds is 2. The van der Waals surface area contributed by atoms with Crippen molar-refractivity contribution in [2.75, 3.05) is 0 Å². The SMILES string of the molecule is Cc1ccc(S(=O)(=O)n2ccc3c2CC(C)(F)CC3)cc1. The maximum Gasteiger partial charge on any atom is 0.267 e. The van der Waals surface area contributed by atoms with Crippen LogP contribution in [-0.4, -0.2) is 18.1 Å². The maximum atomic E-state index is 14.2. The van der Waals surface area contributed by atoms with Gasteiger partial charge >= 0.3 is 0 Å². The van der Waals surface area contributed by atoms with Gasteiger partial charge in [0.2, 0.25) is 0 Å². The number of alkyl halides is 1. The molecule has 0 saturated heterocycles. The molecule has 0 radical (unpaired) electrons. The van der Waals surface area contributed by atoms with E-state index in [1.54, 1.807) is 36.5 Å². The van der Waals surface area contributed by atoms with Crippen LogP contribution < -0.4 is 0 Å². The summed E-state index contributed by atoms with van der Waals surface area (Å²) in [5.74, 6) is 0. The molecule has 3 nitrogen and oxygen atoms in total. The summed E-state index contributed by atoms with van der Waals surface area (Å²) in [6.45, 7) is 3.44. The first-order valence-electron chi connectivity index (χ1n) is 7.00. The highest BCUT2D eigenvalue weighted by Crippen LogP contribution is 2.33. The van der Waals surface area contributed by atoms with Gasteiger partial charge < -0.3 is 0 Å². The van der Waals surface area contributed by atoms with E-state index >= 15 is 0 Å². The van der Waals surface area contributed by atoms with Gasteiger partial charge in [-0.1, -0.05) is 17.7 Å². The molecule has 21 heavy (non-hydrogen) atoms. The zero-order valence-electron chi connectivity index (χ0n) is 12.1. The largest absolute Gasteiger partial charge is 0.267 e. The highest BCUT2D eigenvalue weighted by atomic mass is 32.2. The van der Waals surface area contributed by atoms with Crippen LogP contribution in [0.1, 0.15) is 30.2 Å². The van der Waals surface area contributed by atoms with Crippen molar-refractivity contribution >= 4 is 10.0 Å². The normalized spacial score (nSPS) is 22.0. The van der Waals surface area contributed by atoms with Gasteiger partial charge in [-0.3, -0.25) is 0 Å². The molecule has 1 atom stereocenters. The molecular formula is C16H18FNO2S. The molecule has 5 heteroatoms. The molecule has 0 N–H and O–H groups in total. The van der Waals surface area contributed by atoms with E-state index in [9.17, 15) is 12.8 Å². The van der Waals surface area contributed by atoms with Crippen LogP contribution in [-0.2, 0) is 22.9 Å². The van der Waals surface area contributed by atoms with Gasteiger partial charge in [0.1, 0.15) is 5.67 Å². The summed E-state index contributed by atoms with van der Waals surface area (Å²) in [6.07, 6.45) is 2.70. The van der Waals surface area contributed by atoms with Crippen molar-refractivity contribution in [1.29, 1.82) is 0 Å². The number of aromatic nitrogens is 1. The lowest BCUT2D eigenvalue weighted by Gasteiger charge is -2.26. The topological polar surface area (TPSA) is 39.1 Å². The third-order valence-corrected chi connectivity index (χ3v) is 5.81. The minimum absolute atomic E-state index is 0.139. The monoisotopic (exact) mass is 307 g/mol. The van der Waals surface area contributed by atoms with E-state index in [4.69, 9.17) is 0 Å². The van der Waals surface area contributed by atoms with Crippen LogP contribution in [0.4, 0.5) is 4.39 Å². The van der Waals surface area contributed by atoms with Crippen LogP contribution in [0.5, 0.6) is 0 Å². The van der Waals surface area contributed by atoms with Gasteiger partial charge in [0.05, 0.1) is 4.90 Å². The second-order valence-electron chi connectivity index (χ2n) is 5.99. The van der Waals surface area contributed by atoms with E-state index in [0.717, 1.165) is 11.1 Å². The first kappa shape index (κ1) is 14.3. The van der Waals surface area contributed by atoms with Crippen molar-refractivity contribution in [3.8, 4) is 0 Å². The fraction of sp³-hybridized carbons (Fsp3) is 0.375. The van der Waals surface area contributed by atoms with Crippen LogP contribution in [0.2, 0.25) is 0 Å². The zero-order chi connectivity index (χ0) is 15.3. The number of fused-ring (bicyclic) bond motifs is 1. The van der Waals surface area contributed by atoms with Crippen LogP contribution >= 0.6 is 0 Å². The number of benzene rings is 1. The number of hydrogen-bond donors (Lipinski definition) is 0. The quantitative estimate of drug-likeness (QED) is 0.854. The first-order valence-corrected chi connectivity index (χ1v) is 8.44. The highest BCUT2D eigenvalue weighted by Gasteiger charge is 2.33. The van der Waals surface area contributed by atoms with Gasteiger partial charge in [-0.05, 0) is 50.5 Å². The Morgan fingerprint density at radius 1 is 1.19 bits per heavy atom. The summed E-state index contributed by atoms with van der Waals surface area (Å²) >= 11 is 0. The number of nitrogens with zero attached hydrogens (tertiary/aromatic N) is 1. The minimum Gasteiger partial charge on any atom is -0.245 e. The first-order chi connectivity index (χ1) is 9.79. The van der Waals surface area contributed by atoms with Crippen LogP contribution in [0, 0.1) is 6.92 Å². The standard InChI is InChI=1S/C16H18FNO2S/c1-12-3-5-14(6-4-12)21(19,20)18-10-8-13-7-9-16(2,17)11-15(13)18/h3-6,8,10H,7,9,11H2,1-2H3. The molecule has 2 aromatic rings. The molecule has 1 heterocycles. The van der Waals surface area contributed by atoms with Crippen molar-refractivity contribution in [3.05, 3.63) is 53.3 Å². The molecule has 1 aromatic heterocycles. The fourth-order valence-corrected chi connectivity index (χ4v) is 4.19. The summed E-state index contributed by atoms with van der Waals surface area (Å²) in [5.41, 5.74) is 1.17. The van der Waals surface area contributed by atoms with Crippen molar-refractivity contribution in [3.63, 3.8) is 0 Å². The van der Waals surface area contributed by atoms with E-state index in [2.05, 4.69) is 0 Å². The lowest BCUT2D eigenvalue weighted by molar-refractivity contribution is 0.164. The predicted molar refractivity (Wildman–Crippen MR) is 79.7 cm³/mol. The molecule has 3 rings (SSSR count). The van der Waals surface area contributed by atoms with E-state index < -0.39 is 15.7 Å². The van der Waals surface area contributed by atoms with Gasteiger partial charge in [-0.25, -0.2) is 16.8 Å². The second kappa shape index (κ2) is 4.70. The van der Waals surface area contributed by atoms with Crippen LogP contribution in [0.3, 0.4) is 0 Å². The predicted octanol–water partition coefficient (Wildman–Crippen LogP) is 3.25. The summed E-state index contributed by atoms with van der Waals surface area (Å²) in [6, 6.07) is 8.50. The average Bonchev–Trinajstić information content (AvgIpc) is 2.81. The molecule has 0 bridgehead atoms. The van der Waals surface area contributed by atoms with Gasteiger partial charge in [0.25, 0.3) is 10.0 Å². The summed E-state index contributed by atoms with van der Waals surface area (Å²) in [5, 5.41) is 0. The molecule has 1 aromatic carbocycles. The number of halogens is 1. The third kappa shape index (κ3) is 2.50. The van der Waals surface area contributed by atoms with Crippen molar-refractivity contribution in [1.82, 2.24) is 3.97 Å². The average molecular weight is 307 g/mol. The molecule has 1 aliphatic carbocycles. The Kier molecular flexibility index (Phi) is 3.20. The van der Waals surface area contributed by atoms with Crippen LogP contribution in [0.15, 0.2) is 41.4 Å². The zero-order valence-corrected chi connectivity index (χ0v) is 13.0. The molecule has 1 unspecified atom stereocenters. The molecule has 0 saturated carbocycles. The lowest BCUT2D eigenvalue weighted by Crippen LogP contribution is -2.30. The Bertz CT molecular complexity index is 773. The molecule has 0 fully saturated rings. The third-order valence-electron chi connectivity index (χ3n) is 4.08. The molecule has 0 spiro atoms. The Hall–Kier alpha value is -1.62. The Morgan fingerprint density at radius 2 is 1.86 bits per heavy atom. The Balaban J connectivity index is 2.09. The maximum absolute atomic E-state index is 14.2. The summed E-state index contributed by atoms with van der Waals surface area (Å²) < 4.78 is 40.9. The second-order valence-corrected chi connectivity index (χ2v) is 7.81. The smallest absolute Gasteiger partial charge is 0.245 e. The number of aryl methyl sites for hydroxylation is 2. The van der Waals surface area contributed by atoms with Crippen molar-refractivity contribution in [2.45, 2.75) is 43.7 Å². The van der Waals surface area contributed by atoms with E-state index in [0.29, 0.717) is 18.5 Å². The molecular weight excluding hydrogens is 289 g/mol. The molecule has 0 amide bonds. The molecule has 112 valence electrons. The van der Waals surface area contributed by atoms with Crippen LogP contribution in [0.25, 0.3) is 0 Å². The highest BCUT2D eigenvalue weighted by molar-refractivity contribution is 7.90. The Morgan fingerprint density at radius 3 is 2.52 bits per heavy atom. The molecule has 1 aliphatic rings.